The Balaban J connectivity index is 2.67. The van der Waals surface area contributed by atoms with Crippen molar-refractivity contribution in [1.82, 2.24) is 15.5 Å². The maximum atomic E-state index is 14.8. The highest BCUT2D eigenvalue weighted by molar-refractivity contribution is 5.92. The van der Waals surface area contributed by atoms with Gasteiger partial charge in [-0.15, -0.1) is 0 Å². The average Bonchev–Trinajstić information content (AvgIpc) is 2.94. The molecule has 4 unspecified atom stereocenters. The minimum atomic E-state index is -1.02. The van der Waals surface area contributed by atoms with Crippen molar-refractivity contribution >= 4 is 17.9 Å². The maximum Gasteiger partial charge on any atom is 0.408 e. The maximum absolute atomic E-state index is 14.8. The van der Waals surface area contributed by atoms with E-state index in [1.54, 1.807) is 49.9 Å². The van der Waals surface area contributed by atoms with Gasteiger partial charge in [0.1, 0.15) is 23.4 Å². The van der Waals surface area contributed by atoms with Crippen LogP contribution in [0.15, 0.2) is 48.5 Å². The van der Waals surface area contributed by atoms with Crippen molar-refractivity contribution in [3.63, 3.8) is 0 Å². The average molecular weight is 610 g/mol. The van der Waals surface area contributed by atoms with Gasteiger partial charge in [0, 0.05) is 18.5 Å². The van der Waals surface area contributed by atoms with E-state index in [4.69, 9.17) is 4.74 Å². The first-order chi connectivity index (χ1) is 20.6. The molecule has 0 saturated heterocycles. The molecular formula is C36H55N3O5. The van der Waals surface area contributed by atoms with E-state index < -0.39 is 23.8 Å². The van der Waals surface area contributed by atoms with Crippen LogP contribution in [0.25, 0.3) is 0 Å². The molecule has 2 aromatic carbocycles. The summed E-state index contributed by atoms with van der Waals surface area (Å²) in [5, 5.41) is 15.8. The number of phenols is 1. The number of phenolic OH excluding ortho intramolecular Hbond substituents is 1. The molecule has 3 N–H and O–H groups in total. The van der Waals surface area contributed by atoms with Crippen molar-refractivity contribution in [1.29, 1.82) is 0 Å². The van der Waals surface area contributed by atoms with Crippen molar-refractivity contribution in [3.05, 3.63) is 65.2 Å². The van der Waals surface area contributed by atoms with Crippen molar-refractivity contribution in [2.75, 3.05) is 0 Å². The highest BCUT2D eigenvalue weighted by atomic mass is 16.6. The van der Waals surface area contributed by atoms with Crippen LogP contribution in [-0.2, 0) is 27.2 Å². The van der Waals surface area contributed by atoms with Gasteiger partial charge in [-0.2, -0.15) is 0 Å². The Kier molecular flexibility index (Phi) is 14.2. The predicted octanol–water partition coefficient (Wildman–Crippen LogP) is 7.09. The molecular weight excluding hydrogens is 554 g/mol. The zero-order valence-corrected chi connectivity index (χ0v) is 28.3. The molecule has 4 atom stereocenters. The zero-order valence-electron chi connectivity index (χ0n) is 28.3. The largest absolute Gasteiger partial charge is 0.508 e. The van der Waals surface area contributed by atoms with Crippen LogP contribution >= 0.6 is 0 Å². The van der Waals surface area contributed by atoms with Crippen LogP contribution in [0.1, 0.15) is 111 Å². The lowest BCUT2D eigenvalue weighted by molar-refractivity contribution is -0.145. The van der Waals surface area contributed by atoms with Crippen molar-refractivity contribution in [3.8, 4) is 5.75 Å². The van der Waals surface area contributed by atoms with Crippen LogP contribution in [-0.4, -0.2) is 51.6 Å². The molecule has 244 valence electrons. The molecule has 8 nitrogen and oxygen atoms in total. The molecule has 0 bridgehead atoms. The van der Waals surface area contributed by atoms with E-state index in [9.17, 15) is 19.5 Å². The quantitative estimate of drug-likeness (QED) is 0.200. The topological polar surface area (TPSA) is 108 Å². The van der Waals surface area contributed by atoms with E-state index in [0.29, 0.717) is 17.9 Å². The number of hydrogen-bond donors (Lipinski definition) is 3. The van der Waals surface area contributed by atoms with Gasteiger partial charge in [-0.3, -0.25) is 9.59 Å². The van der Waals surface area contributed by atoms with Gasteiger partial charge in [-0.05, 0) is 95.0 Å². The summed E-state index contributed by atoms with van der Waals surface area (Å²) in [4.78, 5) is 43.7. The number of alkyl carbamates (subject to hydrolysis) is 1. The first-order valence-corrected chi connectivity index (χ1v) is 16.1. The van der Waals surface area contributed by atoms with Gasteiger partial charge in [-0.25, -0.2) is 4.79 Å². The number of aryl methyl sites for hydroxylation is 1. The van der Waals surface area contributed by atoms with Gasteiger partial charge in [0.15, 0.2) is 0 Å². The first kappa shape index (κ1) is 36.6. The van der Waals surface area contributed by atoms with Crippen LogP contribution in [0.2, 0.25) is 0 Å². The lowest BCUT2D eigenvalue weighted by atomic mass is 9.95. The Morgan fingerprint density at radius 2 is 1.43 bits per heavy atom. The van der Waals surface area contributed by atoms with Crippen LogP contribution in [0.3, 0.4) is 0 Å². The summed E-state index contributed by atoms with van der Waals surface area (Å²) in [6, 6.07) is 12.1. The highest BCUT2D eigenvalue weighted by Gasteiger charge is 2.39. The van der Waals surface area contributed by atoms with Gasteiger partial charge in [0.2, 0.25) is 11.8 Å². The molecule has 0 fully saturated rings. The third kappa shape index (κ3) is 11.9. The number of carbonyl (C=O) groups excluding carboxylic acids is 3. The van der Waals surface area contributed by atoms with Gasteiger partial charge < -0.3 is 25.4 Å². The summed E-state index contributed by atoms with van der Waals surface area (Å²) in [7, 11) is 0. The SMILES string of the molecule is CCCC(C)NC(=O)C(c1ccc(CC)cc1)N(C(=O)C(Cc1ccc(O)cc1)NC(=O)OC(C)(C)C)C(C)CCC(C)C. The number of nitrogens with zero attached hydrogens (tertiary/aromatic N) is 1. The highest BCUT2D eigenvalue weighted by Crippen LogP contribution is 2.29. The lowest BCUT2D eigenvalue weighted by Gasteiger charge is -2.39. The molecule has 0 spiro atoms. The predicted molar refractivity (Wildman–Crippen MR) is 176 cm³/mol. The van der Waals surface area contributed by atoms with E-state index in [1.165, 1.54) is 0 Å². The summed E-state index contributed by atoms with van der Waals surface area (Å²) >= 11 is 0. The number of amides is 3. The van der Waals surface area contributed by atoms with Crippen molar-refractivity contribution < 1.29 is 24.2 Å². The van der Waals surface area contributed by atoms with Gasteiger partial charge in [0.05, 0.1) is 0 Å². The van der Waals surface area contributed by atoms with E-state index in [-0.39, 0.29) is 36.1 Å². The second-order valence-electron chi connectivity index (χ2n) is 13.3. The molecule has 0 aromatic heterocycles. The summed E-state index contributed by atoms with van der Waals surface area (Å²) < 4.78 is 5.55. The molecule has 0 saturated carbocycles. The van der Waals surface area contributed by atoms with Crippen molar-refractivity contribution in [2.45, 2.75) is 131 Å². The monoisotopic (exact) mass is 609 g/mol. The molecule has 2 rings (SSSR count). The van der Waals surface area contributed by atoms with Crippen molar-refractivity contribution in [2.24, 2.45) is 5.92 Å². The summed E-state index contributed by atoms with van der Waals surface area (Å²) in [6.07, 6.45) is 3.57. The molecule has 0 aliphatic carbocycles. The number of carbonyl (C=O) groups is 3. The third-order valence-electron chi connectivity index (χ3n) is 7.60. The number of hydrogen-bond acceptors (Lipinski definition) is 5. The number of benzene rings is 2. The zero-order chi connectivity index (χ0) is 33.0. The van der Waals surface area contributed by atoms with Crippen LogP contribution in [0, 0.1) is 5.92 Å². The fourth-order valence-corrected chi connectivity index (χ4v) is 5.21. The smallest absolute Gasteiger partial charge is 0.408 e. The van der Waals surface area contributed by atoms with Gasteiger partial charge in [-0.1, -0.05) is 70.5 Å². The fraction of sp³-hybridized carbons (Fsp3) is 0.583. The normalized spacial score (nSPS) is 14.3. The van der Waals surface area contributed by atoms with Crippen LogP contribution in [0.4, 0.5) is 4.79 Å². The first-order valence-electron chi connectivity index (χ1n) is 16.1. The molecule has 0 aliphatic rings. The lowest BCUT2D eigenvalue weighted by Crippen LogP contribution is -2.56. The number of ether oxygens (including phenoxy) is 1. The molecule has 0 heterocycles. The molecule has 0 aliphatic heterocycles. The van der Waals surface area contributed by atoms with E-state index in [1.807, 2.05) is 38.1 Å². The summed E-state index contributed by atoms with van der Waals surface area (Å²) in [5.74, 6) is -0.111. The van der Waals surface area contributed by atoms with E-state index in [2.05, 4.69) is 38.3 Å². The Morgan fingerprint density at radius 1 is 0.841 bits per heavy atom. The Morgan fingerprint density at radius 3 is 1.95 bits per heavy atom. The van der Waals surface area contributed by atoms with Crippen LogP contribution < -0.4 is 10.6 Å². The minimum absolute atomic E-state index is 0.0690. The standard InChI is InChI=1S/C36H55N3O5/c1-10-12-25(5)37-33(41)32(29-19-15-27(11-2)16-20-29)39(26(6)14-13-24(3)4)34(42)31(38-35(43)44-36(7,8)9)23-28-17-21-30(40)22-18-28/h15-22,24-26,31-32,40H,10-14,23H2,1-9H3,(H,37,41)(H,38,43). The molecule has 0 radical (unpaired) electrons. The molecule has 3 amide bonds. The van der Waals surface area contributed by atoms with Crippen LogP contribution in [0.5, 0.6) is 5.75 Å². The van der Waals surface area contributed by atoms with Gasteiger partial charge >= 0.3 is 6.09 Å². The molecule has 2 aromatic rings. The second kappa shape index (κ2) is 17.1. The summed E-state index contributed by atoms with van der Waals surface area (Å²) in [6.45, 7) is 17.7. The Hall–Kier alpha value is -3.55. The summed E-state index contributed by atoms with van der Waals surface area (Å²) in [5.41, 5.74) is 1.83. The number of rotatable bonds is 15. The molecule has 8 heteroatoms. The minimum Gasteiger partial charge on any atom is -0.508 e. The molecule has 44 heavy (non-hydrogen) atoms. The fourth-order valence-electron chi connectivity index (χ4n) is 5.21. The third-order valence-corrected chi connectivity index (χ3v) is 7.60. The Bertz CT molecular complexity index is 1190. The number of aromatic hydroxyl groups is 1. The second-order valence-corrected chi connectivity index (χ2v) is 13.3. The van der Waals surface area contributed by atoms with E-state index >= 15 is 0 Å². The van der Waals surface area contributed by atoms with E-state index in [0.717, 1.165) is 36.8 Å². The number of nitrogens with one attached hydrogen (secondary N) is 2. The van der Waals surface area contributed by atoms with Gasteiger partial charge in [0.25, 0.3) is 0 Å². The Labute approximate surface area is 264 Å².